The van der Waals surface area contributed by atoms with Gasteiger partial charge in [0.2, 0.25) is 0 Å². The van der Waals surface area contributed by atoms with E-state index in [2.05, 4.69) is 15.3 Å². The highest BCUT2D eigenvalue weighted by atomic mass is 35.5. The van der Waals surface area contributed by atoms with E-state index in [1.807, 2.05) is 6.07 Å². The van der Waals surface area contributed by atoms with Crippen molar-refractivity contribution in [2.75, 3.05) is 13.1 Å². The number of ether oxygens (including phenoxy) is 1. The van der Waals surface area contributed by atoms with Gasteiger partial charge in [0.15, 0.2) is 0 Å². The molecule has 2 aromatic heterocycles. The summed E-state index contributed by atoms with van der Waals surface area (Å²) in [7, 11) is 0. The van der Waals surface area contributed by atoms with E-state index in [-0.39, 0.29) is 36.5 Å². The maximum absolute atomic E-state index is 12.2. The van der Waals surface area contributed by atoms with Gasteiger partial charge in [-0.3, -0.25) is 9.78 Å². The summed E-state index contributed by atoms with van der Waals surface area (Å²) in [4.78, 5) is 19.6. The van der Waals surface area contributed by atoms with Crippen LogP contribution in [0.3, 0.4) is 0 Å². The Morgan fingerprint density at radius 2 is 2.00 bits per heavy atom. The predicted molar refractivity (Wildman–Crippen MR) is 94.7 cm³/mol. The molecule has 0 aliphatic carbocycles. The molecule has 0 spiro atoms. The molecule has 4 heterocycles. The Bertz CT molecular complexity index is 729. The molecule has 0 saturated carbocycles. The fourth-order valence-corrected chi connectivity index (χ4v) is 3.55. The van der Waals surface area contributed by atoms with Gasteiger partial charge in [-0.25, -0.2) is 0 Å². The molecule has 2 aliphatic rings. The molecule has 2 N–H and O–H groups in total. The van der Waals surface area contributed by atoms with Crippen LogP contribution in [0.15, 0.2) is 23.1 Å². The van der Waals surface area contributed by atoms with E-state index in [1.54, 1.807) is 12.3 Å². The van der Waals surface area contributed by atoms with Crippen molar-refractivity contribution in [3.05, 3.63) is 39.9 Å². The number of halogens is 2. The largest absolute Gasteiger partial charge is 0.373 e. The normalized spacial score (nSPS) is 21.1. The molecule has 5 nitrogen and oxygen atoms in total. The number of aromatic nitrogens is 2. The second kappa shape index (κ2) is 7.62. The standard InChI is InChI=1S/C16H19N3O2.2ClH/c20-16-11-2-1-5-18-15(11)12-9-21-14(8-13(12)19-16)10-3-6-17-7-4-10;;/h1-2,5,10,14,17H,3-4,6-9H2,(H,19,20);2*1H. The summed E-state index contributed by atoms with van der Waals surface area (Å²) in [5, 5.41) is 4.04. The van der Waals surface area contributed by atoms with Gasteiger partial charge in [0.05, 0.1) is 23.6 Å². The van der Waals surface area contributed by atoms with Crippen LogP contribution < -0.4 is 10.9 Å². The summed E-state index contributed by atoms with van der Waals surface area (Å²) in [5.74, 6) is 0.585. The Morgan fingerprint density at radius 3 is 2.78 bits per heavy atom. The minimum absolute atomic E-state index is 0. The monoisotopic (exact) mass is 357 g/mol. The smallest absolute Gasteiger partial charge is 0.257 e. The zero-order valence-corrected chi connectivity index (χ0v) is 14.3. The number of H-pyrrole nitrogens is 1. The van der Waals surface area contributed by atoms with Gasteiger partial charge in [0, 0.05) is 23.9 Å². The zero-order valence-electron chi connectivity index (χ0n) is 12.7. The number of pyridine rings is 2. The van der Waals surface area contributed by atoms with Gasteiger partial charge < -0.3 is 15.0 Å². The highest BCUT2D eigenvalue weighted by Crippen LogP contribution is 2.29. The number of rotatable bonds is 1. The van der Waals surface area contributed by atoms with Crippen molar-refractivity contribution in [1.29, 1.82) is 0 Å². The first-order valence-corrected chi connectivity index (χ1v) is 7.64. The molecule has 2 aromatic rings. The number of fused-ring (bicyclic) bond motifs is 3. The molecular weight excluding hydrogens is 337 g/mol. The number of piperidine rings is 1. The third-order valence-corrected chi connectivity index (χ3v) is 4.72. The van der Waals surface area contributed by atoms with E-state index >= 15 is 0 Å². The first-order valence-electron chi connectivity index (χ1n) is 7.64. The summed E-state index contributed by atoms with van der Waals surface area (Å²) < 4.78 is 6.10. The van der Waals surface area contributed by atoms with Crippen LogP contribution in [0.5, 0.6) is 0 Å². The molecule has 4 rings (SSSR count). The van der Waals surface area contributed by atoms with Crippen molar-refractivity contribution < 1.29 is 4.74 Å². The highest BCUT2D eigenvalue weighted by Gasteiger charge is 2.30. The van der Waals surface area contributed by atoms with Crippen molar-refractivity contribution in [3.63, 3.8) is 0 Å². The Morgan fingerprint density at radius 1 is 1.22 bits per heavy atom. The van der Waals surface area contributed by atoms with Gasteiger partial charge in [-0.1, -0.05) is 0 Å². The predicted octanol–water partition coefficient (Wildman–Crippen LogP) is 2.21. The minimum Gasteiger partial charge on any atom is -0.373 e. The van der Waals surface area contributed by atoms with Crippen molar-refractivity contribution in [1.82, 2.24) is 15.3 Å². The third-order valence-electron chi connectivity index (χ3n) is 4.72. The van der Waals surface area contributed by atoms with E-state index in [4.69, 9.17) is 4.74 Å². The lowest BCUT2D eigenvalue weighted by molar-refractivity contribution is -0.0187. The molecular formula is C16H21Cl2N3O2. The van der Waals surface area contributed by atoms with Crippen LogP contribution in [-0.2, 0) is 17.8 Å². The molecule has 126 valence electrons. The Hall–Kier alpha value is -1.14. The number of nitrogens with one attached hydrogen (secondary N) is 2. The lowest BCUT2D eigenvalue weighted by Crippen LogP contribution is -2.38. The summed E-state index contributed by atoms with van der Waals surface area (Å²) in [6.07, 6.45) is 5.05. The fraction of sp³-hybridized carbons (Fsp3) is 0.500. The zero-order chi connectivity index (χ0) is 14.2. The molecule has 0 amide bonds. The second-order valence-corrected chi connectivity index (χ2v) is 5.95. The molecule has 1 unspecified atom stereocenters. The number of nitrogens with zero attached hydrogens (tertiary/aromatic N) is 1. The van der Waals surface area contributed by atoms with Gasteiger partial charge in [-0.15, -0.1) is 24.8 Å². The molecule has 1 fully saturated rings. The SMILES string of the molecule is Cl.Cl.O=c1[nH]c2c(c3ncccc13)COC(C1CCNCC1)C2. The highest BCUT2D eigenvalue weighted by molar-refractivity contribution is 5.85. The van der Waals surface area contributed by atoms with Crippen molar-refractivity contribution in [2.45, 2.75) is 32.0 Å². The van der Waals surface area contributed by atoms with Crippen LogP contribution in [0.4, 0.5) is 0 Å². The summed E-state index contributed by atoms with van der Waals surface area (Å²) in [6, 6.07) is 3.62. The van der Waals surface area contributed by atoms with E-state index in [0.717, 1.165) is 49.1 Å². The topological polar surface area (TPSA) is 67.0 Å². The fourth-order valence-electron chi connectivity index (χ4n) is 3.55. The van der Waals surface area contributed by atoms with Crippen LogP contribution in [0.25, 0.3) is 10.9 Å². The Kier molecular flexibility index (Phi) is 6.03. The van der Waals surface area contributed by atoms with Gasteiger partial charge >= 0.3 is 0 Å². The average Bonchev–Trinajstić information content (AvgIpc) is 2.55. The minimum atomic E-state index is -0.0391. The average molecular weight is 358 g/mol. The molecule has 0 aromatic carbocycles. The van der Waals surface area contributed by atoms with Crippen LogP contribution >= 0.6 is 24.8 Å². The summed E-state index contributed by atoms with van der Waals surface area (Å²) in [5.41, 5.74) is 2.82. The van der Waals surface area contributed by atoms with Gasteiger partial charge in [-0.05, 0) is 44.0 Å². The molecule has 2 aliphatic heterocycles. The van der Waals surface area contributed by atoms with Crippen LogP contribution in [0.1, 0.15) is 24.1 Å². The number of hydrogen-bond donors (Lipinski definition) is 2. The molecule has 23 heavy (non-hydrogen) atoms. The van der Waals surface area contributed by atoms with Crippen LogP contribution in [-0.4, -0.2) is 29.2 Å². The summed E-state index contributed by atoms with van der Waals surface area (Å²) in [6.45, 7) is 2.68. The Labute approximate surface area is 147 Å². The summed E-state index contributed by atoms with van der Waals surface area (Å²) >= 11 is 0. The van der Waals surface area contributed by atoms with E-state index in [9.17, 15) is 4.79 Å². The van der Waals surface area contributed by atoms with E-state index < -0.39 is 0 Å². The van der Waals surface area contributed by atoms with Crippen molar-refractivity contribution >= 4 is 35.7 Å². The Balaban J connectivity index is 0.000000960. The third kappa shape index (κ3) is 3.38. The van der Waals surface area contributed by atoms with E-state index in [1.165, 1.54) is 0 Å². The lowest BCUT2D eigenvalue weighted by Gasteiger charge is -2.34. The first kappa shape index (κ1) is 18.2. The first-order chi connectivity index (χ1) is 10.3. The lowest BCUT2D eigenvalue weighted by atomic mass is 9.87. The van der Waals surface area contributed by atoms with E-state index in [0.29, 0.717) is 17.9 Å². The maximum Gasteiger partial charge on any atom is 0.257 e. The van der Waals surface area contributed by atoms with Gasteiger partial charge in [0.1, 0.15) is 0 Å². The number of hydrogen-bond acceptors (Lipinski definition) is 4. The molecule has 1 saturated heterocycles. The molecule has 0 bridgehead atoms. The quantitative estimate of drug-likeness (QED) is 0.820. The van der Waals surface area contributed by atoms with Gasteiger partial charge in [-0.2, -0.15) is 0 Å². The van der Waals surface area contributed by atoms with Gasteiger partial charge in [0.25, 0.3) is 5.56 Å². The van der Waals surface area contributed by atoms with Crippen molar-refractivity contribution in [3.8, 4) is 0 Å². The van der Waals surface area contributed by atoms with Crippen LogP contribution in [0, 0.1) is 5.92 Å². The molecule has 1 atom stereocenters. The second-order valence-electron chi connectivity index (χ2n) is 5.95. The molecule has 0 radical (unpaired) electrons. The van der Waals surface area contributed by atoms with Crippen molar-refractivity contribution in [2.24, 2.45) is 5.92 Å². The number of aromatic amines is 1. The molecule has 7 heteroatoms. The van der Waals surface area contributed by atoms with Crippen LogP contribution in [0.2, 0.25) is 0 Å². The maximum atomic E-state index is 12.2.